The van der Waals surface area contributed by atoms with Crippen molar-refractivity contribution in [2.75, 3.05) is 13.7 Å². The van der Waals surface area contributed by atoms with Crippen LogP contribution in [0.2, 0.25) is 0 Å². The Morgan fingerprint density at radius 2 is 1.92 bits per heavy atom. The molecule has 0 spiro atoms. The Bertz CT molecular complexity index is 810. The van der Waals surface area contributed by atoms with E-state index >= 15 is 0 Å². The van der Waals surface area contributed by atoms with E-state index in [4.69, 9.17) is 4.74 Å². The average molecular weight is 370 g/mol. The van der Waals surface area contributed by atoms with E-state index in [1.165, 1.54) is 18.4 Å². The zero-order valence-corrected chi connectivity index (χ0v) is 15.9. The molecule has 0 unspecified atom stereocenters. The van der Waals surface area contributed by atoms with Crippen LogP contribution in [-0.4, -0.2) is 27.2 Å². The number of sulfonamides is 1. The van der Waals surface area contributed by atoms with Gasteiger partial charge in [0.25, 0.3) is 0 Å². The van der Waals surface area contributed by atoms with Gasteiger partial charge in [-0.3, -0.25) is 0 Å². The molecule has 0 fully saturated rings. The predicted molar refractivity (Wildman–Crippen MR) is 96.3 cm³/mol. The highest BCUT2D eigenvalue weighted by Gasteiger charge is 2.20. The fourth-order valence-electron chi connectivity index (χ4n) is 2.27. The number of aliphatic hydroxyl groups excluding tert-OH is 1. The minimum Gasteiger partial charge on any atom is -0.495 e. The van der Waals surface area contributed by atoms with Crippen LogP contribution in [-0.2, 0) is 16.4 Å². The normalized spacial score (nSPS) is 13.0. The summed E-state index contributed by atoms with van der Waals surface area (Å²) in [4.78, 5) is 2.06. The first-order valence-electron chi connectivity index (χ1n) is 7.66. The third kappa shape index (κ3) is 4.36. The number of benzene rings is 1. The lowest BCUT2D eigenvalue weighted by Crippen LogP contribution is -2.26. The SMILES string of the molecule is COc1cc(C)c(C)cc1S(=O)(=O)NCCc1ccc([C@@H](C)O)s1. The number of aliphatic hydroxyl groups is 1. The number of rotatable bonds is 7. The molecular formula is C17H23NO4S2. The highest BCUT2D eigenvalue weighted by atomic mass is 32.2. The van der Waals surface area contributed by atoms with Gasteiger partial charge >= 0.3 is 0 Å². The molecule has 24 heavy (non-hydrogen) atoms. The smallest absolute Gasteiger partial charge is 0.244 e. The van der Waals surface area contributed by atoms with Gasteiger partial charge in [0.05, 0.1) is 13.2 Å². The lowest BCUT2D eigenvalue weighted by atomic mass is 10.1. The Hall–Kier alpha value is -1.41. The van der Waals surface area contributed by atoms with Crippen molar-refractivity contribution in [3.8, 4) is 5.75 Å². The van der Waals surface area contributed by atoms with Gasteiger partial charge in [-0.15, -0.1) is 11.3 Å². The highest BCUT2D eigenvalue weighted by molar-refractivity contribution is 7.89. The first kappa shape index (κ1) is 18.9. The summed E-state index contributed by atoms with van der Waals surface area (Å²) in [5.74, 6) is 0.345. The molecule has 0 radical (unpaired) electrons. The predicted octanol–water partition coefficient (Wildman–Crippen LogP) is 2.95. The van der Waals surface area contributed by atoms with Gasteiger partial charge < -0.3 is 9.84 Å². The number of hydrogen-bond acceptors (Lipinski definition) is 5. The summed E-state index contributed by atoms with van der Waals surface area (Å²) in [5, 5.41) is 9.53. The number of hydrogen-bond donors (Lipinski definition) is 2. The summed E-state index contributed by atoms with van der Waals surface area (Å²) < 4.78 is 32.9. The first-order valence-corrected chi connectivity index (χ1v) is 9.96. The lowest BCUT2D eigenvalue weighted by Gasteiger charge is -2.13. The molecule has 2 aromatic rings. The zero-order valence-electron chi connectivity index (χ0n) is 14.3. The number of aryl methyl sites for hydroxylation is 2. The third-order valence-corrected chi connectivity index (χ3v) is 6.62. The second kappa shape index (κ2) is 7.65. The molecule has 7 heteroatoms. The van der Waals surface area contributed by atoms with Crippen LogP contribution in [0.1, 0.15) is 33.9 Å². The standard InChI is InChI=1S/C17H23NO4S2/c1-11-9-15(22-4)17(10-12(11)2)24(20,21)18-8-7-14-5-6-16(23-14)13(3)19/h5-6,9-10,13,18-19H,7-8H2,1-4H3/t13-/m1/s1. The monoisotopic (exact) mass is 369 g/mol. The molecule has 0 bridgehead atoms. The molecule has 1 aromatic carbocycles. The van der Waals surface area contributed by atoms with Crippen molar-refractivity contribution in [1.82, 2.24) is 4.72 Å². The van der Waals surface area contributed by atoms with E-state index in [0.717, 1.165) is 20.9 Å². The van der Waals surface area contributed by atoms with Gasteiger partial charge in [0.15, 0.2) is 0 Å². The van der Waals surface area contributed by atoms with Crippen molar-refractivity contribution in [2.24, 2.45) is 0 Å². The van der Waals surface area contributed by atoms with Crippen LogP contribution >= 0.6 is 11.3 Å². The van der Waals surface area contributed by atoms with Crippen molar-refractivity contribution in [2.45, 2.75) is 38.2 Å². The van der Waals surface area contributed by atoms with Crippen molar-refractivity contribution in [1.29, 1.82) is 0 Å². The Morgan fingerprint density at radius 3 is 2.50 bits per heavy atom. The second-order valence-electron chi connectivity index (χ2n) is 5.72. The summed E-state index contributed by atoms with van der Waals surface area (Å²) in [7, 11) is -2.18. The number of ether oxygens (including phenoxy) is 1. The molecule has 2 rings (SSSR count). The summed E-state index contributed by atoms with van der Waals surface area (Å²) in [6.07, 6.45) is 0.0734. The van der Waals surface area contributed by atoms with Crippen LogP contribution < -0.4 is 9.46 Å². The molecule has 0 amide bonds. The van der Waals surface area contributed by atoms with Gasteiger partial charge in [0.1, 0.15) is 10.6 Å². The van der Waals surface area contributed by atoms with Crippen molar-refractivity contribution >= 4 is 21.4 Å². The quantitative estimate of drug-likeness (QED) is 0.787. The molecule has 132 valence electrons. The van der Waals surface area contributed by atoms with Crippen LogP contribution in [0.5, 0.6) is 5.75 Å². The maximum atomic E-state index is 12.6. The van der Waals surface area contributed by atoms with E-state index < -0.39 is 16.1 Å². The van der Waals surface area contributed by atoms with Crippen molar-refractivity contribution < 1.29 is 18.3 Å². The second-order valence-corrected chi connectivity index (χ2v) is 8.65. The molecular weight excluding hydrogens is 346 g/mol. The van der Waals surface area contributed by atoms with Crippen LogP contribution in [0.15, 0.2) is 29.2 Å². The number of nitrogens with one attached hydrogen (secondary N) is 1. The summed E-state index contributed by atoms with van der Waals surface area (Å²) >= 11 is 1.49. The van der Waals surface area contributed by atoms with Gasteiger partial charge in [-0.25, -0.2) is 13.1 Å². The largest absolute Gasteiger partial charge is 0.495 e. The molecule has 0 aliphatic carbocycles. The Labute approximate surface area is 147 Å². The first-order chi connectivity index (χ1) is 11.2. The molecule has 0 saturated carbocycles. The Balaban J connectivity index is 2.10. The van der Waals surface area contributed by atoms with Gasteiger partial charge in [-0.05, 0) is 62.6 Å². The van der Waals surface area contributed by atoms with Crippen molar-refractivity contribution in [3.63, 3.8) is 0 Å². The summed E-state index contributed by atoms with van der Waals surface area (Å²) in [6, 6.07) is 7.15. The number of thiophene rings is 1. The average Bonchev–Trinajstić information content (AvgIpc) is 2.98. The third-order valence-electron chi connectivity index (χ3n) is 3.83. The van der Waals surface area contributed by atoms with Gasteiger partial charge in [-0.2, -0.15) is 0 Å². The molecule has 0 aliphatic rings. The van der Waals surface area contributed by atoms with Crippen LogP contribution in [0.25, 0.3) is 0 Å². The minimum absolute atomic E-state index is 0.156. The fourth-order valence-corrected chi connectivity index (χ4v) is 4.49. The number of methoxy groups -OCH3 is 1. The van der Waals surface area contributed by atoms with Gasteiger partial charge in [0.2, 0.25) is 10.0 Å². The maximum absolute atomic E-state index is 12.6. The van der Waals surface area contributed by atoms with Crippen LogP contribution in [0, 0.1) is 13.8 Å². The molecule has 1 atom stereocenters. The van der Waals surface area contributed by atoms with E-state index in [1.807, 2.05) is 26.0 Å². The van der Waals surface area contributed by atoms with Crippen LogP contribution in [0.4, 0.5) is 0 Å². The molecule has 1 heterocycles. The van der Waals surface area contributed by atoms with E-state index in [0.29, 0.717) is 12.2 Å². The highest BCUT2D eigenvalue weighted by Crippen LogP contribution is 2.27. The molecule has 2 N–H and O–H groups in total. The molecule has 1 aromatic heterocycles. The van der Waals surface area contributed by atoms with Crippen LogP contribution in [0.3, 0.4) is 0 Å². The van der Waals surface area contributed by atoms with Crippen molar-refractivity contribution in [3.05, 3.63) is 45.1 Å². The summed E-state index contributed by atoms with van der Waals surface area (Å²) in [5.41, 5.74) is 1.88. The molecule has 0 aliphatic heterocycles. The fraction of sp³-hybridized carbons (Fsp3) is 0.412. The van der Waals surface area contributed by atoms with E-state index in [9.17, 15) is 13.5 Å². The van der Waals surface area contributed by atoms with E-state index in [2.05, 4.69) is 4.72 Å². The Kier molecular flexibility index (Phi) is 6.03. The molecule has 0 saturated heterocycles. The summed E-state index contributed by atoms with van der Waals surface area (Å²) in [6.45, 7) is 5.79. The zero-order chi connectivity index (χ0) is 17.9. The maximum Gasteiger partial charge on any atom is 0.244 e. The van der Waals surface area contributed by atoms with Gasteiger partial charge in [-0.1, -0.05) is 0 Å². The van der Waals surface area contributed by atoms with Gasteiger partial charge in [0, 0.05) is 16.3 Å². The topological polar surface area (TPSA) is 75.6 Å². The Morgan fingerprint density at radius 1 is 1.25 bits per heavy atom. The lowest BCUT2D eigenvalue weighted by molar-refractivity contribution is 0.203. The minimum atomic E-state index is -3.64. The van der Waals surface area contributed by atoms with E-state index in [-0.39, 0.29) is 11.4 Å². The van der Waals surface area contributed by atoms with E-state index in [1.54, 1.807) is 19.1 Å². The molecule has 5 nitrogen and oxygen atoms in total.